The van der Waals surface area contributed by atoms with Crippen LogP contribution in [0, 0.1) is 0 Å². The van der Waals surface area contributed by atoms with E-state index in [4.69, 9.17) is 0 Å². The number of benzene rings is 2. The predicted molar refractivity (Wildman–Crippen MR) is 130 cm³/mol. The molecular weight excluding hydrogens is 412 g/mol. The van der Waals surface area contributed by atoms with Gasteiger partial charge in [0.15, 0.2) is 5.82 Å². The van der Waals surface area contributed by atoms with Crippen LogP contribution in [0.25, 0.3) is 22.5 Å². The van der Waals surface area contributed by atoms with E-state index in [1.54, 1.807) is 17.8 Å². The van der Waals surface area contributed by atoms with Gasteiger partial charge in [-0.2, -0.15) is 5.10 Å². The molecule has 7 nitrogen and oxygen atoms in total. The Balaban J connectivity index is 1.26. The molecule has 0 unspecified atom stereocenters. The molecular formula is C26H26N6O. The summed E-state index contributed by atoms with van der Waals surface area (Å²) in [6.45, 7) is 2.10. The Morgan fingerprint density at radius 1 is 0.818 bits per heavy atom. The van der Waals surface area contributed by atoms with Crippen molar-refractivity contribution < 1.29 is 4.79 Å². The molecule has 1 saturated heterocycles. The highest BCUT2D eigenvalue weighted by atomic mass is 16.2. The van der Waals surface area contributed by atoms with Crippen molar-refractivity contribution >= 4 is 17.4 Å². The lowest BCUT2D eigenvalue weighted by Gasteiger charge is -2.27. The number of aryl methyl sites for hydroxylation is 1. The fraction of sp³-hybridized carbons (Fsp3) is 0.231. The number of piperidine rings is 1. The standard InChI is InChI=1S/C26H26N6O/c1-31-24(18-23(30-31)19-8-4-2-5-9-19)26(33)27-21-12-10-20(11-13-21)22-14-15-25(29-28-22)32-16-6-3-7-17-32/h2,4-5,8-15,18H,3,6-7,16-17H2,1H3,(H,27,33). The van der Waals surface area contributed by atoms with Crippen LogP contribution in [0.5, 0.6) is 0 Å². The van der Waals surface area contributed by atoms with E-state index in [0.29, 0.717) is 11.4 Å². The molecule has 1 amide bonds. The van der Waals surface area contributed by atoms with Crippen molar-refractivity contribution in [2.24, 2.45) is 7.05 Å². The van der Waals surface area contributed by atoms with Crippen molar-refractivity contribution in [3.63, 3.8) is 0 Å². The third kappa shape index (κ3) is 4.62. The molecule has 2 aromatic heterocycles. The van der Waals surface area contributed by atoms with Gasteiger partial charge in [-0.1, -0.05) is 42.5 Å². The molecule has 166 valence electrons. The van der Waals surface area contributed by atoms with Crippen LogP contribution in [0.3, 0.4) is 0 Å². The summed E-state index contributed by atoms with van der Waals surface area (Å²) in [6, 6.07) is 23.3. The molecule has 5 rings (SSSR count). The minimum Gasteiger partial charge on any atom is -0.355 e. The number of nitrogens with zero attached hydrogens (tertiary/aromatic N) is 5. The molecule has 2 aromatic carbocycles. The molecule has 1 aliphatic heterocycles. The number of nitrogens with one attached hydrogen (secondary N) is 1. The summed E-state index contributed by atoms with van der Waals surface area (Å²) in [5, 5.41) is 16.3. The normalized spacial score (nSPS) is 13.7. The minimum atomic E-state index is -0.203. The average Bonchev–Trinajstić information content (AvgIpc) is 3.27. The maximum Gasteiger partial charge on any atom is 0.273 e. The van der Waals surface area contributed by atoms with Gasteiger partial charge in [-0.05, 0) is 49.6 Å². The number of aromatic nitrogens is 4. The molecule has 1 N–H and O–H groups in total. The fourth-order valence-electron chi connectivity index (χ4n) is 4.12. The Bertz CT molecular complexity index is 1230. The Morgan fingerprint density at radius 3 is 2.24 bits per heavy atom. The highest BCUT2D eigenvalue weighted by molar-refractivity contribution is 6.03. The summed E-state index contributed by atoms with van der Waals surface area (Å²) in [4.78, 5) is 15.1. The number of carbonyl (C=O) groups excluding carboxylic acids is 1. The molecule has 7 heteroatoms. The lowest BCUT2D eigenvalue weighted by atomic mass is 10.1. The fourth-order valence-corrected chi connectivity index (χ4v) is 4.12. The van der Waals surface area contributed by atoms with Crippen molar-refractivity contribution in [1.82, 2.24) is 20.0 Å². The van der Waals surface area contributed by atoms with E-state index >= 15 is 0 Å². The first-order valence-electron chi connectivity index (χ1n) is 11.3. The first-order valence-corrected chi connectivity index (χ1v) is 11.3. The van der Waals surface area contributed by atoms with E-state index in [2.05, 4.69) is 25.5 Å². The first-order chi connectivity index (χ1) is 16.2. The van der Waals surface area contributed by atoms with Crippen LogP contribution in [-0.4, -0.2) is 39.0 Å². The molecule has 0 atom stereocenters. The van der Waals surface area contributed by atoms with Crippen molar-refractivity contribution in [1.29, 1.82) is 0 Å². The van der Waals surface area contributed by atoms with Crippen molar-refractivity contribution in [2.45, 2.75) is 19.3 Å². The molecule has 1 aliphatic rings. The van der Waals surface area contributed by atoms with Gasteiger partial charge < -0.3 is 10.2 Å². The van der Waals surface area contributed by atoms with E-state index in [1.165, 1.54) is 19.3 Å². The number of hydrogen-bond acceptors (Lipinski definition) is 5. The highest BCUT2D eigenvalue weighted by Crippen LogP contribution is 2.23. The number of amides is 1. The second-order valence-corrected chi connectivity index (χ2v) is 8.26. The largest absolute Gasteiger partial charge is 0.355 e. The summed E-state index contributed by atoms with van der Waals surface area (Å²) < 4.78 is 1.60. The lowest BCUT2D eigenvalue weighted by Crippen LogP contribution is -2.30. The lowest BCUT2D eigenvalue weighted by molar-refractivity contribution is 0.101. The van der Waals surface area contributed by atoms with Crippen molar-refractivity contribution in [3.8, 4) is 22.5 Å². The highest BCUT2D eigenvalue weighted by Gasteiger charge is 2.15. The van der Waals surface area contributed by atoms with E-state index in [-0.39, 0.29) is 5.91 Å². The summed E-state index contributed by atoms with van der Waals surface area (Å²) in [5.74, 6) is 0.735. The summed E-state index contributed by atoms with van der Waals surface area (Å²) in [7, 11) is 1.77. The summed E-state index contributed by atoms with van der Waals surface area (Å²) in [6.07, 6.45) is 3.71. The van der Waals surface area contributed by atoms with Crippen LogP contribution in [0.4, 0.5) is 11.5 Å². The Labute approximate surface area is 193 Å². The third-order valence-corrected chi connectivity index (χ3v) is 5.95. The van der Waals surface area contributed by atoms with Gasteiger partial charge in [-0.15, -0.1) is 10.2 Å². The van der Waals surface area contributed by atoms with Gasteiger partial charge in [0.25, 0.3) is 5.91 Å². The molecule has 0 spiro atoms. The Kier molecular flexibility index (Phi) is 5.85. The first kappa shape index (κ1) is 20.9. The molecule has 33 heavy (non-hydrogen) atoms. The SMILES string of the molecule is Cn1nc(-c2ccccc2)cc1C(=O)Nc1ccc(-c2ccc(N3CCCCC3)nn2)cc1. The Hall–Kier alpha value is -4.00. The molecule has 0 bridgehead atoms. The minimum absolute atomic E-state index is 0.203. The number of hydrogen-bond donors (Lipinski definition) is 1. The zero-order valence-corrected chi connectivity index (χ0v) is 18.6. The Morgan fingerprint density at radius 2 is 1.55 bits per heavy atom. The second kappa shape index (κ2) is 9.24. The van der Waals surface area contributed by atoms with Gasteiger partial charge in [0.2, 0.25) is 0 Å². The zero-order valence-electron chi connectivity index (χ0n) is 18.6. The predicted octanol–water partition coefficient (Wildman–Crippen LogP) is 4.79. The van der Waals surface area contributed by atoms with Gasteiger partial charge in [0, 0.05) is 37.0 Å². The van der Waals surface area contributed by atoms with Gasteiger partial charge >= 0.3 is 0 Å². The smallest absolute Gasteiger partial charge is 0.273 e. The van der Waals surface area contributed by atoms with Crippen LogP contribution in [0.1, 0.15) is 29.8 Å². The van der Waals surface area contributed by atoms with Crippen LogP contribution >= 0.6 is 0 Å². The van der Waals surface area contributed by atoms with E-state index in [9.17, 15) is 4.79 Å². The summed E-state index contributed by atoms with van der Waals surface area (Å²) in [5.41, 5.74) is 4.72. The zero-order chi connectivity index (χ0) is 22.6. The molecule has 3 heterocycles. The van der Waals surface area contributed by atoms with Crippen LogP contribution in [0.15, 0.2) is 72.8 Å². The van der Waals surface area contributed by atoms with Gasteiger partial charge in [-0.3, -0.25) is 9.48 Å². The van der Waals surface area contributed by atoms with E-state index in [1.807, 2.05) is 66.7 Å². The quantitative estimate of drug-likeness (QED) is 0.485. The van der Waals surface area contributed by atoms with E-state index < -0.39 is 0 Å². The maximum atomic E-state index is 12.8. The van der Waals surface area contributed by atoms with Crippen molar-refractivity contribution in [3.05, 3.63) is 78.5 Å². The van der Waals surface area contributed by atoms with Crippen molar-refractivity contribution in [2.75, 3.05) is 23.3 Å². The number of rotatable bonds is 5. The molecule has 0 aliphatic carbocycles. The van der Waals surface area contributed by atoms with Crippen LogP contribution < -0.4 is 10.2 Å². The topological polar surface area (TPSA) is 75.9 Å². The molecule has 4 aromatic rings. The second-order valence-electron chi connectivity index (χ2n) is 8.26. The van der Waals surface area contributed by atoms with Gasteiger partial charge in [-0.25, -0.2) is 0 Å². The molecule has 1 fully saturated rings. The monoisotopic (exact) mass is 438 g/mol. The van der Waals surface area contributed by atoms with Gasteiger partial charge in [0.1, 0.15) is 5.69 Å². The number of carbonyl (C=O) groups is 1. The van der Waals surface area contributed by atoms with E-state index in [0.717, 1.165) is 41.4 Å². The third-order valence-electron chi connectivity index (χ3n) is 5.95. The van der Waals surface area contributed by atoms with Gasteiger partial charge in [0.05, 0.1) is 11.4 Å². The number of anilines is 2. The molecule has 0 radical (unpaired) electrons. The van der Waals surface area contributed by atoms with Crippen LogP contribution in [-0.2, 0) is 7.05 Å². The average molecular weight is 439 g/mol. The maximum absolute atomic E-state index is 12.8. The van der Waals surface area contributed by atoms with Crippen LogP contribution in [0.2, 0.25) is 0 Å². The summed E-state index contributed by atoms with van der Waals surface area (Å²) >= 11 is 0. The molecule has 0 saturated carbocycles.